The highest BCUT2D eigenvalue weighted by Gasteiger charge is 2.40. The molecule has 2 heterocycles. The molecule has 2 aliphatic rings. The van der Waals surface area contributed by atoms with E-state index in [-0.39, 0.29) is 5.41 Å². The van der Waals surface area contributed by atoms with Crippen LogP contribution in [0.15, 0.2) is 6.20 Å². The quantitative estimate of drug-likeness (QED) is 0.917. The van der Waals surface area contributed by atoms with Crippen LogP contribution in [0.2, 0.25) is 0 Å². The van der Waals surface area contributed by atoms with Crippen LogP contribution in [0.25, 0.3) is 0 Å². The summed E-state index contributed by atoms with van der Waals surface area (Å²) < 4.78 is 0. The van der Waals surface area contributed by atoms with Crippen molar-refractivity contribution in [3.63, 3.8) is 0 Å². The van der Waals surface area contributed by atoms with E-state index >= 15 is 0 Å². The number of hydrogen-bond donors (Lipinski definition) is 1. The summed E-state index contributed by atoms with van der Waals surface area (Å²) in [5, 5.41) is 9.94. The second-order valence-corrected chi connectivity index (χ2v) is 6.75. The molecule has 1 saturated heterocycles. The lowest BCUT2D eigenvalue weighted by Crippen LogP contribution is -2.46. The standard InChI is InChI=1S/C16H25N3O/c1-12-9-17-13(2)15(18-12)19-7-3-6-16(10-19,11-20)8-14-4-5-14/h9,14,20H,3-8,10-11H2,1-2H3/t16-/m0/s1. The van der Waals surface area contributed by atoms with Crippen LogP contribution >= 0.6 is 0 Å². The Hall–Kier alpha value is -1.16. The van der Waals surface area contributed by atoms with E-state index in [2.05, 4.69) is 14.9 Å². The smallest absolute Gasteiger partial charge is 0.150 e. The van der Waals surface area contributed by atoms with Crippen molar-refractivity contribution in [1.82, 2.24) is 9.97 Å². The first-order valence-corrected chi connectivity index (χ1v) is 7.78. The first kappa shape index (κ1) is 13.8. The summed E-state index contributed by atoms with van der Waals surface area (Å²) in [6, 6.07) is 0. The monoisotopic (exact) mass is 275 g/mol. The molecule has 1 aromatic heterocycles. The predicted octanol–water partition coefficient (Wildman–Crippen LogP) is 2.47. The first-order valence-electron chi connectivity index (χ1n) is 7.78. The average Bonchev–Trinajstić information content (AvgIpc) is 3.25. The van der Waals surface area contributed by atoms with Gasteiger partial charge >= 0.3 is 0 Å². The lowest BCUT2D eigenvalue weighted by atomic mass is 9.76. The molecule has 0 radical (unpaired) electrons. The van der Waals surface area contributed by atoms with E-state index < -0.39 is 0 Å². The molecule has 110 valence electrons. The van der Waals surface area contributed by atoms with E-state index in [0.717, 1.165) is 49.1 Å². The molecule has 1 saturated carbocycles. The van der Waals surface area contributed by atoms with Crippen LogP contribution in [-0.2, 0) is 0 Å². The van der Waals surface area contributed by atoms with Crippen molar-refractivity contribution < 1.29 is 5.11 Å². The van der Waals surface area contributed by atoms with Gasteiger partial charge in [0, 0.05) is 24.7 Å². The number of hydrogen-bond acceptors (Lipinski definition) is 4. The van der Waals surface area contributed by atoms with Crippen molar-refractivity contribution in [2.75, 3.05) is 24.6 Å². The highest BCUT2D eigenvalue weighted by atomic mass is 16.3. The number of nitrogens with zero attached hydrogens (tertiary/aromatic N) is 3. The SMILES string of the molecule is Cc1cnc(C)c(N2CCC[C@](CO)(CC3CC3)C2)n1. The van der Waals surface area contributed by atoms with Gasteiger partial charge in [-0.1, -0.05) is 12.8 Å². The molecule has 0 aromatic carbocycles. The molecule has 0 amide bonds. The summed E-state index contributed by atoms with van der Waals surface area (Å²) >= 11 is 0. The summed E-state index contributed by atoms with van der Waals surface area (Å²) in [5.74, 6) is 1.87. The summed E-state index contributed by atoms with van der Waals surface area (Å²) in [6.07, 6.45) is 8.00. The molecule has 4 heteroatoms. The molecule has 0 spiro atoms. The maximum atomic E-state index is 9.94. The minimum atomic E-state index is 0.0806. The van der Waals surface area contributed by atoms with Crippen molar-refractivity contribution in [3.8, 4) is 0 Å². The summed E-state index contributed by atoms with van der Waals surface area (Å²) in [7, 11) is 0. The third-order valence-electron chi connectivity index (χ3n) is 4.77. The normalized spacial score (nSPS) is 26.9. The van der Waals surface area contributed by atoms with Crippen LogP contribution in [0.1, 0.15) is 43.5 Å². The highest BCUT2D eigenvalue weighted by Crippen LogP contribution is 2.45. The number of aliphatic hydroxyl groups excluding tert-OH is 1. The van der Waals surface area contributed by atoms with Gasteiger partial charge in [0.25, 0.3) is 0 Å². The molecule has 1 aliphatic heterocycles. The van der Waals surface area contributed by atoms with Gasteiger partial charge < -0.3 is 10.0 Å². The van der Waals surface area contributed by atoms with Crippen molar-refractivity contribution in [2.24, 2.45) is 11.3 Å². The van der Waals surface area contributed by atoms with E-state index in [1.807, 2.05) is 20.0 Å². The number of aromatic nitrogens is 2. The Kier molecular flexibility index (Phi) is 3.67. The zero-order valence-corrected chi connectivity index (χ0v) is 12.6. The number of anilines is 1. The van der Waals surface area contributed by atoms with E-state index in [1.54, 1.807) is 0 Å². The zero-order valence-electron chi connectivity index (χ0n) is 12.6. The van der Waals surface area contributed by atoms with Gasteiger partial charge in [-0.05, 0) is 39.0 Å². The van der Waals surface area contributed by atoms with Crippen molar-refractivity contribution in [1.29, 1.82) is 0 Å². The molecule has 3 rings (SSSR count). The Morgan fingerprint density at radius 2 is 2.20 bits per heavy atom. The van der Waals surface area contributed by atoms with Crippen molar-refractivity contribution >= 4 is 5.82 Å². The molecule has 1 aromatic rings. The molecule has 1 atom stereocenters. The first-order chi connectivity index (χ1) is 9.62. The topological polar surface area (TPSA) is 49.2 Å². The second-order valence-electron chi connectivity index (χ2n) is 6.75. The van der Waals surface area contributed by atoms with E-state index in [1.165, 1.54) is 19.3 Å². The fourth-order valence-corrected chi connectivity index (χ4v) is 3.51. The van der Waals surface area contributed by atoms with Gasteiger partial charge in [0.2, 0.25) is 0 Å². The third-order valence-corrected chi connectivity index (χ3v) is 4.77. The fraction of sp³-hybridized carbons (Fsp3) is 0.750. The van der Waals surface area contributed by atoms with E-state index in [9.17, 15) is 5.11 Å². The van der Waals surface area contributed by atoms with Crippen LogP contribution in [-0.4, -0.2) is 34.8 Å². The molecule has 4 nitrogen and oxygen atoms in total. The third kappa shape index (κ3) is 2.80. The number of aliphatic hydroxyl groups is 1. The predicted molar refractivity (Wildman–Crippen MR) is 79.8 cm³/mol. The van der Waals surface area contributed by atoms with Gasteiger partial charge in [-0.25, -0.2) is 4.98 Å². The van der Waals surface area contributed by atoms with Crippen LogP contribution in [0.4, 0.5) is 5.82 Å². The minimum Gasteiger partial charge on any atom is -0.396 e. The van der Waals surface area contributed by atoms with Gasteiger partial charge in [0.05, 0.1) is 18.0 Å². The number of rotatable bonds is 4. The largest absolute Gasteiger partial charge is 0.396 e. The highest BCUT2D eigenvalue weighted by molar-refractivity contribution is 5.44. The summed E-state index contributed by atoms with van der Waals surface area (Å²) in [6.45, 7) is 6.28. The summed E-state index contributed by atoms with van der Waals surface area (Å²) in [5.41, 5.74) is 2.04. The van der Waals surface area contributed by atoms with Gasteiger partial charge in [0.15, 0.2) is 0 Å². The number of piperidine rings is 1. The van der Waals surface area contributed by atoms with E-state index in [0.29, 0.717) is 6.61 Å². The lowest BCUT2D eigenvalue weighted by Gasteiger charge is -2.43. The molecular formula is C16H25N3O. The van der Waals surface area contributed by atoms with Crippen molar-refractivity contribution in [2.45, 2.75) is 46.0 Å². The molecule has 0 bridgehead atoms. The van der Waals surface area contributed by atoms with Crippen LogP contribution in [0.5, 0.6) is 0 Å². The van der Waals surface area contributed by atoms with Crippen LogP contribution < -0.4 is 4.90 Å². The fourth-order valence-electron chi connectivity index (χ4n) is 3.51. The molecular weight excluding hydrogens is 250 g/mol. The maximum absolute atomic E-state index is 9.94. The second kappa shape index (κ2) is 5.32. The summed E-state index contributed by atoms with van der Waals surface area (Å²) in [4.78, 5) is 11.5. The maximum Gasteiger partial charge on any atom is 0.150 e. The van der Waals surface area contributed by atoms with Gasteiger partial charge in [-0.15, -0.1) is 0 Å². The minimum absolute atomic E-state index is 0.0806. The van der Waals surface area contributed by atoms with Crippen LogP contribution in [0, 0.1) is 25.2 Å². The molecule has 1 N–H and O–H groups in total. The van der Waals surface area contributed by atoms with E-state index in [4.69, 9.17) is 0 Å². The average molecular weight is 275 g/mol. The molecule has 0 unspecified atom stereocenters. The van der Waals surface area contributed by atoms with Gasteiger partial charge in [0.1, 0.15) is 5.82 Å². The zero-order chi connectivity index (χ0) is 14.2. The molecule has 20 heavy (non-hydrogen) atoms. The van der Waals surface area contributed by atoms with Crippen molar-refractivity contribution in [3.05, 3.63) is 17.6 Å². The van der Waals surface area contributed by atoms with Gasteiger partial charge in [-0.2, -0.15) is 0 Å². The Bertz CT molecular complexity index is 487. The Labute approximate surface area is 121 Å². The van der Waals surface area contributed by atoms with Crippen LogP contribution in [0.3, 0.4) is 0 Å². The number of aryl methyl sites for hydroxylation is 2. The Morgan fingerprint density at radius 3 is 2.90 bits per heavy atom. The lowest BCUT2D eigenvalue weighted by molar-refractivity contribution is 0.0901. The molecule has 2 fully saturated rings. The van der Waals surface area contributed by atoms with Gasteiger partial charge in [-0.3, -0.25) is 4.98 Å². The molecule has 1 aliphatic carbocycles. The Morgan fingerprint density at radius 1 is 1.40 bits per heavy atom. The Balaban J connectivity index is 1.81.